The molecule has 1 saturated heterocycles. The van der Waals surface area contributed by atoms with Crippen LogP contribution in [-0.2, 0) is 9.59 Å². The van der Waals surface area contributed by atoms with Gasteiger partial charge in [-0.2, -0.15) is 0 Å². The van der Waals surface area contributed by atoms with Crippen molar-refractivity contribution in [3.63, 3.8) is 0 Å². The van der Waals surface area contributed by atoms with Crippen LogP contribution in [0.2, 0.25) is 0 Å². The summed E-state index contributed by atoms with van der Waals surface area (Å²) in [6, 6.07) is 0. The lowest BCUT2D eigenvalue weighted by atomic mass is 10.3. The summed E-state index contributed by atoms with van der Waals surface area (Å²) >= 11 is 0. The fourth-order valence-electron chi connectivity index (χ4n) is 2.10. The van der Waals surface area contributed by atoms with E-state index in [-0.39, 0.29) is 11.8 Å². The van der Waals surface area contributed by atoms with Crippen molar-refractivity contribution in [2.24, 2.45) is 0 Å². The van der Waals surface area contributed by atoms with Crippen LogP contribution in [0.3, 0.4) is 0 Å². The summed E-state index contributed by atoms with van der Waals surface area (Å²) in [7, 11) is 0. The van der Waals surface area contributed by atoms with Crippen molar-refractivity contribution in [1.82, 2.24) is 20.4 Å². The Morgan fingerprint density at radius 1 is 1.11 bits per heavy atom. The molecular formula is C13H26N4O2. The zero-order chi connectivity index (χ0) is 14.1. The van der Waals surface area contributed by atoms with Gasteiger partial charge in [0.25, 0.3) is 0 Å². The summed E-state index contributed by atoms with van der Waals surface area (Å²) < 4.78 is 0. The van der Waals surface area contributed by atoms with Gasteiger partial charge in [-0.25, -0.2) is 0 Å². The van der Waals surface area contributed by atoms with Gasteiger partial charge < -0.3 is 15.5 Å². The maximum absolute atomic E-state index is 11.9. The molecule has 1 heterocycles. The average molecular weight is 270 g/mol. The van der Waals surface area contributed by atoms with Crippen molar-refractivity contribution < 1.29 is 9.59 Å². The Hall–Kier alpha value is -1.14. The Kier molecular flexibility index (Phi) is 7.43. The largest absolute Gasteiger partial charge is 0.355 e. The third-order valence-corrected chi connectivity index (χ3v) is 3.17. The highest BCUT2D eigenvalue weighted by molar-refractivity contribution is 5.79. The molecule has 1 aliphatic heterocycles. The summed E-state index contributed by atoms with van der Waals surface area (Å²) in [6.45, 7) is 9.37. The number of amides is 2. The average Bonchev–Trinajstić information content (AvgIpc) is 2.40. The number of carbonyl (C=O) groups excluding carboxylic acids is 2. The molecule has 1 aliphatic rings. The zero-order valence-electron chi connectivity index (χ0n) is 12.1. The molecule has 2 N–H and O–H groups in total. The van der Waals surface area contributed by atoms with Crippen LogP contribution in [0.1, 0.15) is 20.3 Å². The van der Waals surface area contributed by atoms with E-state index >= 15 is 0 Å². The summed E-state index contributed by atoms with van der Waals surface area (Å²) in [4.78, 5) is 27.3. The Morgan fingerprint density at radius 3 is 2.37 bits per heavy atom. The minimum absolute atomic E-state index is 0.0619. The van der Waals surface area contributed by atoms with Crippen LogP contribution < -0.4 is 10.6 Å². The van der Waals surface area contributed by atoms with Crippen LogP contribution in [0.4, 0.5) is 0 Å². The van der Waals surface area contributed by atoms with E-state index in [1.807, 2.05) is 11.8 Å². The smallest absolute Gasteiger partial charge is 0.236 e. The normalized spacial score (nSPS) is 16.4. The van der Waals surface area contributed by atoms with Crippen LogP contribution in [-0.4, -0.2) is 74.0 Å². The number of nitrogens with one attached hydrogen (secondary N) is 2. The number of nitrogens with zero attached hydrogens (tertiary/aromatic N) is 2. The van der Waals surface area contributed by atoms with Crippen molar-refractivity contribution in [2.75, 3.05) is 52.4 Å². The molecular weight excluding hydrogens is 244 g/mol. The Labute approximate surface area is 115 Å². The maximum Gasteiger partial charge on any atom is 0.236 e. The van der Waals surface area contributed by atoms with Gasteiger partial charge in [-0.3, -0.25) is 14.5 Å². The monoisotopic (exact) mass is 270 g/mol. The predicted octanol–water partition coefficient (Wildman–Crippen LogP) is -0.734. The second-order valence-corrected chi connectivity index (χ2v) is 4.79. The Balaban J connectivity index is 2.21. The van der Waals surface area contributed by atoms with Crippen LogP contribution in [0.15, 0.2) is 0 Å². The molecule has 0 saturated carbocycles. The van der Waals surface area contributed by atoms with Crippen LogP contribution in [0, 0.1) is 0 Å². The van der Waals surface area contributed by atoms with Crippen molar-refractivity contribution in [3.05, 3.63) is 0 Å². The van der Waals surface area contributed by atoms with Crippen molar-refractivity contribution >= 4 is 11.8 Å². The third kappa shape index (κ3) is 6.02. The van der Waals surface area contributed by atoms with Gasteiger partial charge in [0.05, 0.1) is 13.1 Å². The molecule has 1 rings (SSSR count). The van der Waals surface area contributed by atoms with Gasteiger partial charge in [0.1, 0.15) is 0 Å². The maximum atomic E-state index is 11.9. The molecule has 0 radical (unpaired) electrons. The standard InChI is InChI=1S/C13H26N4O2/c1-3-5-14-10-13(19)17-8-6-16(7-9-17)11-12(18)15-4-2/h14H,3-11H2,1-2H3,(H,15,18). The third-order valence-electron chi connectivity index (χ3n) is 3.17. The second-order valence-electron chi connectivity index (χ2n) is 4.79. The van der Waals surface area contributed by atoms with E-state index < -0.39 is 0 Å². The zero-order valence-corrected chi connectivity index (χ0v) is 12.1. The summed E-state index contributed by atoms with van der Waals surface area (Å²) in [5.41, 5.74) is 0. The minimum Gasteiger partial charge on any atom is -0.355 e. The fraction of sp³-hybridized carbons (Fsp3) is 0.846. The van der Waals surface area contributed by atoms with E-state index in [4.69, 9.17) is 0 Å². The van der Waals surface area contributed by atoms with E-state index in [2.05, 4.69) is 22.5 Å². The van der Waals surface area contributed by atoms with E-state index in [1.54, 1.807) is 0 Å². The summed E-state index contributed by atoms with van der Waals surface area (Å²) in [5.74, 6) is 0.220. The number of likely N-dealkylation sites (N-methyl/N-ethyl adjacent to an activating group) is 1. The molecule has 0 atom stereocenters. The molecule has 1 fully saturated rings. The number of carbonyl (C=O) groups is 2. The lowest BCUT2D eigenvalue weighted by Crippen LogP contribution is -2.52. The Bertz CT molecular complexity index is 288. The molecule has 0 aromatic heterocycles. The lowest BCUT2D eigenvalue weighted by molar-refractivity contribution is -0.132. The molecule has 0 spiro atoms. The van der Waals surface area contributed by atoms with Gasteiger partial charge in [0, 0.05) is 32.7 Å². The molecule has 6 heteroatoms. The van der Waals surface area contributed by atoms with Gasteiger partial charge >= 0.3 is 0 Å². The molecule has 2 amide bonds. The van der Waals surface area contributed by atoms with Crippen molar-refractivity contribution in [2.45, 2.75) is 20.3 Å². The topological polar surface area (TPSA) is 64.7 Å². The molecule has 0 aromatic rings. The van der Waals surface area contributed by atoms with Gasteiger partial charge in [0.15, 0.2) is 0 Å². The highest BCUT2D eigenvalue weighted by Gasteiger charge is 2.21. The van der Waals surface area contributed by atoms with Gasteiger partial charge in [0.2, 0.25) is 11.8 Å². The molecule has 6 nitrogen and oxygen atoms in total. The first-order chi connectivity index (χ1) is 9.17. The van der Waals surface area contributed by atoms with E-state index in [1.165, 1.54) is 0 Å². The summed E-state index contributed by atoms with van der Waals surface area (Å²) in [6.07, 6.45) is 1.04. The van der Waals surface area contributed by atoms with Gasteiger partial charge in [-0.1, -0.05) is 6.92 Å². The SMILES string of the molecule is CCCNCC(=O)N1CCN(CC(=O)NCC)CC1. The van der Waals surface area contributed by atoms with Gasteiger partial charge in [-0.15, -0.1) is 0 Å². The summed E-state index contributed by atoms with van der Waals surface area (Å²) in [5, 5.41) is 5.91. The molecule has 110 valence electrons. The highest BCUT2D eigenvalue weighted by Crippen LogP contribution is 2.01. The molecule has 0 unspecified atom stereocenters. The molecule has 19 heavy (non-hydrogen) atoms. The lowest BCUT2D eigenvalue weighted by Gasteiger charge is -2.34. The van der Waals surface area contributed by atoms with Crippen LogP contribution in [0.5, 0.6) is 0 Å². The molecule has 0 bridgehead atoms. The number of hydrogen-bond acceptors (Lipinski definition) is 4. The van der Waals surface area contributed by atoms with E-state index in [0.717, 1.165) is 26.1 Å². The van der Waals surface area contributed by atoms with E-state index in [0.29, 0.717) is 32.7 Å². The second kappa shape index (κ2) is 8.87. The highest BCUT2D eigenvalue weighted by atomic mass is 16.2. The molecule has 0 aromatic carbocycles. The van der Waals surface area contributed by atoms with Crippen LogP contribution in [0.25, 0.3) is 0 Å². The fourth-order valence-corrected chi connectivity index (χ4v) is 2.10. The number of rotatable bonds is 7. The predicted molar refractivity (Wildman–Crippen MR) is 74.9 cm³/mol. The number of piperazine rings is 1. The van der Waals surface area contributed by atoms with Crippen molar-refractivity contribution in [1.29, 1.82) is 0 Å². The Morgan fingerprint density at radius 2 is 1.79 bits per heavy atom. The van der Waals surface area contributed by atoms with Gasteiger partial charge in [-0.05, 0) is 19.9 Å². The van der Waals surface area contributed by atoms with Crippen molar-refractivity contribution in [3.8, 4) is 0 Å². The van der Waals surface area contributed by atoms with Crippen LogP contribution >= 0.6 is 0 Å². The number of hydrogen-bond donors (Lipinski definition) is 2. The first-order valence-electron chi connectivity index (χ1n) is 7.14. The van der Waals surface area contributed by atoms with E-state index in [9.17, 15) is 9.59 Å². The quantitative estimate of drug-likeness (QED) is 0.599. The minimum atomic E-state index is 0.0619. The first kappa shape index (κ1) is 15.9. The first-order valence-corrected chi connectivity index (χ1v) is 7.14. The molecule has 0 aliphatic carbocycles.